The molecular weight excluding hydrogens is 556 g/mol. The number of carbonyl (C=O) groups excluding carboxylic acids is 2. The minimum atomic E-state index is -1.93. The summed E-state index contributed by atoms with van der Waals surface area (Å²) < 4.78 is 24.8. The Balaban J connectivity index is 1.41. The zero-order valence-corrected chi connectivity index (χ0v) is 25.5. The predicted octanol–water partition coefficient (Wildman–Crippen LogP) is 1.34. The summed E-state index contributed by atoms with van der Waals surface area (Å²) >= 11 is 0. The maximum atomic E-state index is 14.0. The van der Waals surface area contributed by atoms with Crippen LogP contribution in [0.2, 0.25) is 0 Å². The SMILES string of the molecule is CCN1C[C@@]2(OC(=O)c3ccccc3NC(C)=O)CC[C@H](OC)[C@@]34[C@H]2C[C@@](O)([C@@H]13)[C@]1(O)C[C@H](OC)[C@H]2C[C@@H]4[C@@]1(O)[C@H]2OC. The summed E-state index contributed by atoms with van der Waals surface area (Å²) in [6.45, 7) is 4.30. The monoisotopic (exact) mass is 600 g/mol. The number of nitrogens with one attached hydrogen (secondary N) is 1. The third-order valence-corrected chi connectivity index (χ3v) is 12.7. The number of aliphatic hydroxyl groups is 3. The number of hydrogen-bond donors (Lipinski definition) is 4. The first-order chi connectivity index (χ1) is 20.4. The highest BCUT2D eigenvalue weighted by atomic mass is 16.6. The van der Waals surface area contributed by atoms with Gasteiger partial charge in [-0.05, 0) is 44.4 Å². The van der Waals surface area contributed by atoms with Gasteiger partial charge in [-0.15, -0.1) is 0 Å². The van der Waals surface area contributed by atoms with Crippen LogP contribution in [0.25, 0.3) is 0 Å². The van der Waals surface area contributed by atoms with Gasteiger partial charge < -0.3 is 39.6 Å². The van der Waals surface area contributed by atoms with Crippen LogP contribution < -0.4 is 5.32 Å². The molecule has 6 fully saturated rings. The van der Waals surface area contributed by atoms with Crippen LogP contribution in [-0.4, -0.2) is 113 Å². The number of benzene rings is 1. The first-order valence-electron chi connectivity index (χ1n) is 15.5. The van der Waals surface area contributed by atoms with E-state index < -0.39 is 63.9 Å². The van der Waals surface area contributed by atoms with Crippen molar-refractivity contribution >= 4 is 17.6 Å². The highest BCUT2D eigenvalue weighted by molar-refractivity contribution is 6.00. The number of likely N-dealkylation sites (tertiary alicyclic amines) is 1. The molecule has 12 atom stereocenters. The summed E-state index contributed by atoms with van der Waals surface area (Å²) in [6, 6.07) is 6.23. The van der Waals surface area contributed by atoms with E-state index in [9.17, 15) is 24.9 Å². The molecule has 0 unspecified atom stereocenters. The third kappa shape index (κ3) is 3.24. The third-order valence-electron chi connectivity index (χ3n) is 12.7. The highest BCUT2D eigenvalue weighted by Gasteiger charge is 2.93. The molecule has 43 heavy (non-hydrogen) atoms. The minimum Gasteiger partial charge on any atom is -0.454 e. The van der Waals surface area contributed by atoms with Gasteiger partial charge >= 0.3 is 5.97 Å². The van der Waals surface area contributed by atoms with Crippen molar-refractivity contribution in [1.82, 2.24) is 4.90 Å². The molecule has 5 saturated carbocycles. The number of amides is 1. The molecule has 1 amide bonds. The molecule has 1 saturated heterocycles. The molecule has 7 bridgehead atoms. The number of hydrogen-bond acceptors (Lipinski definition) is 10. The number of anilines is 1. The number of nitrogens with zero attached hydrogens (tertiary/aromatic N) is 1. The minimum absolute atomic E-state index is 0.0723. The van der Waals surface area contributed by atoms with Gasteiger partial charge in [0, 0.05) is 64.4 Å². The van der Waals surface area contributed by atoms with Gasteiger partial charge in [0.25, 0.3) is 0 Å². The Morgan fingerprint density at radius 2 is 1.79 bits per heavy atom. The van der Waals surface area contributed by atoms with Crippen LogP contribution in [0, 0.1) is 23.2 Å². The lowest BCUT2D eigenvalue weighted by Crippen LogP contribution is -2.87. The summed E-state index contributed by atoms with van der Waals surface area (Å²) in [5, 5.41) is 41.5. The van der Waals surface area contributed by atoms with Gasteiger partial charge in [-0.3, -0.25) is 9.69 Å². The van der Waals surface area contributed by atoms with Gasteiger partial charge in [0.15, 0.2) is 0 Å². The molecule has 1 aromatic rings. The first kappa shape index (κ1) is 29.6. The molecule has 236 valence electrons. The maximum absolute atomic E-state index is 14.0. The number of fused-ring (bicyclic) bond motifs is 2. The smallest absolute Gasteiger partial charge is 0.340 e. The lowest BCUT2D eigenvalue weighted by atomic mass is 9.43. The van der Waals surface area contributed by atoms with Gasteiger partial charge in [-0.25, -0.2) is 4.79 Å². The number of rotatable bonds is 7. The molecule has 6 aliphatic rings. The van der Waals surface area contributed by atoms with Gasteiger partial charge in [0.1, 0.15) is 22.4 Å². The Kier molecular flexibility index (Phi) is 6.50. The molecule has 7 rings (SSSR count). The van der Waals surface area contributed by atoms with E-state index in [1.54, 1.807) is 45.6 Å². The molecule has 11 heteroatoms. The molecule has 5 aliphatic carbocycles. The van der Waals surface area contributed by atoms with E-state index in [1.165, 1.54) is 6.92 Å². The predicted molar refractivity (Wildman–Crippen MR) is 153 cm³/mol. The second-order valence-corrected chi connectivity index (χ2v) is 13.9. The summed E-state index contributed by atoms with van der Waals surface area (Å²) in [5.74, 6) is -1.97. The summed E-state index contributed by atoms with van der Waals surface area (Å²) in [4.78, 5) is 28.1. The van der Waals surface area contributed by atoms with Crippen molar-refractivity contribution in [1.29, 1.82) is 0 Å². The van der Waals surface area contributed by atoms with Crippen LogP contribution in [0.4, 0.5) is 5.69 Å². The largest absolute Gasteiger partial charge is 0.454 e. The zero-order valence-electron chi connectivity index (χ0n) is 25.5. The van der Waals surface area contributed by atoms with Crippen LogP contribution in [-0.2, 0) is 23.7 Å². The highest BCUT2D eigenvalue weighted by Crippen LogP contribution is 2.80. The van der Waals surface area contributed by atoms with Gasteiger partial charge in [-0.2, -0.15) is 0 Å². The van der Waals surface area contributed by atoms with Crippen molar-refractivity contribution in [3.63, 3.8) is 0 Å². The van der Waals surface area contributed by atoms with E-state index in [2.05, 4.69) is 10.2 Å². The number of para-hydroxylation sites is 1. The van der Waals surface area contributed by atoms with Crippen molar-refractivity contribution in [2.24, 2.45) is 23.2 Å². The van der Waals surface area contributed by atoms with E-state index in [0.717, 1.165) is 0 Å². The molecule has 0 radical (unpaired) electrons. The Morgan fingerprint density at radius 3 is 2.44 bits per heavy atom. The molecule has 11 nitrogen and oxygen atoms in total. The fraction of sp³-hybridized carbons (Fsp3) is 0.750. The van der Waals surface area contributed by atoms with Gasteiger partial charge in [0.05, 0.1) is 35.6 Å². The van der Waals surface area contributed by atoms with Crippen LogP contribution in [0.5, 0.6) is 0 Å². The van der Waals surface area contributed by atoms with Crippen molar-refractivity contribution in [3.8, 4) is 0 Å². The molecule has 1 spiro atoms. The molecule has 4 N–H and O–H groups in total. The Bertz CT molecular complexity index is 1340. The van der Waals surface area contributed by atoms with Crippen molar-refractivity contribution in [3.05, 3.63) is 29.8 Å². The normalized spacial score (nSPS) is 49.1. The number of piperidine rings is 1. The quantitative estimate of drug-likeness (QED) is 0.338. The average Bonchev–Trinajstić information content (AvgIpc) is 3.36. The fourth-order valence-electron chi connectivity index (χ4n) is 11.6. The lowest BCUT2D eigenvalue weighted by Gasteiger charge is -2.71. The zero-order chi connectivity index (χ0) is 30.7. The van der Waals surface area contributed by atoms with E-state index in [1.807, 2.05) is 6.92 Å². The topological polar surface area (TPSA) is 147 Å². The Labute approximate surface area is 251 Å². The van der Waals surface area contributed by atoms with Crippen molar-refractivity contribution < 1.29 is 43.9 Å². The first-order valence-corrected chi connectivity index (χ1v) is 15.5. The molecule has 0 aromatic heterocycles. The number of esters is 1. The van der Waals surface area contributed by atoms with Crippen LogP contribution >= 0.6 is 0 Å². The number of methoxy groups -OCH3 is 3. The standard InChI is InChI=1S/C32H44N2O9/c1-6-34-16-28(43-26(36)18-9-7-8-10-20(18)33-17(2)35)12-11-24(41-4)31-22-13-19-21(40-3)14-30(38,32(22,39)25(19)42-5)29(37,27(31)34)15-23(28)31/h7-10,19,21-25,27,37-39H,6,11-16H2,1-5H3,(H,33,35)/t19-,21+,22+,23+,24+,25+,27-,28+,29-,30-,31-,32-/m1/s1. The van der Waals surface area contributed by atoms with Gasteiger partial charge in [0.2, 0.25) is 5.91 Å². The fourth-order valence-corrected chi connectivity index (χ4v) is 11.6. The Morgan fingerprint density at radius 1 is 1.05 bits per heavy atom. The molecule has 1 aromatic carbocycles. The second-order valence-electron chi connectivity index (χ2n) is 13.9. The van der Waals surface area contributed by atoms with E-state index in [4.69, 9.17) is 18.9 Å². The lowest BCUT2D eigenvalue weighted by molar-refractivity contribution is -0.369. The average molecular weight is 601 g/mol. The van der Waals surface area contributed by atoms with Crippen LogP contribution in [0.15, 0.2) is 24.3 Å². The van der Waals surface area contributed by atoms with Gasteiger partial charge in [-0.1, -0.05) is 19.1 Å². The van der Waals surface area contributed by atoms with E-state index >= 15 is 0 Å². The van der Waals surface area contributed by atoms with Crippen LogP contribution in [0.1, 0.15) is 56.3 Å². The summed E-state index contributed by atoms with van der Waals surface area (Å²) in [6.07, 6.45) is 0.245. The molecule has 1 aliphatic heterocycles. The number of carbonyl (C=O) groups is 2. The Hall–Kier alpha value is -2.12. The van der Waals surface area contributed by atoms with Crippen molar-refractivity contribution in [2.45, 2.75) is 92.7 Å². The number of ether oxygens (including phenoxy) is 4. The second kappa shape index (κ2) is 9.45. The summed E-state index contributed by atoms with van der Waals surface area (Å²) in [5.41, 5.74) is -6.72. The molecular formula is C32H44N2O9. The van der Waals surface area contributed by atoms with Crippen LogP contribution in [0.3, 0.4) is 0 Å². The van der Waals surface area contributed by atoms with E-state index in [-0.39, 0.29) is 36.3 Å². The number of likely N-dealkylation sites (N-methyl/N-ethyl adjacent to an activating group) is 1. The molecule has 1 heterocycles. The summed E-state index contributed by atoms with van der Waals surface area (Å²) in [7, 11) is 4.82. The van der Waals surface area contributed by atoms with E-state index in [0.29, 0.717) is 38.0 Å². The van der Waals surface area contributed by atoms with Crippen molar-refractivity contribution in [2.75, 3.05) is 39.7 Å². The maximum Gasteiger partial charge on any atom is 0.340 e.